The van der Waals surface area contributed by atoms with Crippen molar-refractivity contribution in [2.45, 2.75) is 32.7 Å². The molecule has 3 aromatic rings. The van der Waals surface area contributed by atoms with Gasteiger partial charge in [0.1, 0.15) is 12.1 Å². The molecule has 2 aromatic heterocycles. The van der Waals surface area contributed by atoms with E-state index in [4.69, 9.17) is 0 Å². The van der Waals surface area contributed by atoms with Gasteiger partial charge >= 0.3 is 0 Å². The zero-order valence-electron chi connectivity index (χ0n) is 14.5. The van der Waals surface area contributed by atoms with E-state index < -0.39 is 0 Å². The molecule has 3 heterocycles. The molecule has 0 saturated heterocycles. The van der Waals surface area contributed by atoms with E-state index in [1.165, 1.54) is 11.3 Å². The molecule has 1 aliphatic rings. The van der Waals surface area contributed by atoms with E-state index in [1.807, 2.05) is 10.9 Å². The highest BCUT2D eigenvalue weighted by atomic mass is 15.3. The van der Waals surface area contributed by atoms with Crippen LogP contribution in [0, 0.1) is 0 Å². The maximum atomic E-state index is 4.50. The molecule has 6 heteroatoms. The fourth-order valence-corrected chi connectivity index (χ4v) is 3.19. The van der Waals surface area contributed by atoms with E-state index in [0.29, 0.717) is 0 Å². The van der Waals surface area contributed by atoms with Crippen molar-refractivity contribution < 1.29 is 0 Å². The molecule has 0 unspecified atom stereocenters. The average molecular weight is 322 g/mol. The van der Waals surface area contributed by atoms with Gasteiger partial charge < -0.3 is 10.2 Å². The highest BCUT2D eigenvalue weighted by Gasteiger charge is 2.20. The summed E-state index contributed by atoms with van der Waals surface area (Å²) in [5, 5.41) is 8.87. The van der Waals surface area contributed by atoms with Gasteiger partial charge in [-0.25, -0.2) is 14.6 Å². The largest absolute Gasteiger partial charge is 0.374 e. The molecule has 0 bridgehead atoms. The second-order valence-corrected chi connectivity index (χ2v) is 7.33. The van der Waals surface area contributed by atoms with Gasteiger partial charge in [0.25, 0.3) is 0 Å². The lowest BCUT2D eigenvalue weighted by Gasteiger charge is -2.19. The van der Waals surface area contributed by atoms with Crippen molar-refractivity contribution in [3.05, 3.63) is 36.3 Å². The van der Waals surface area contributed by atoms with E-state index in [2.05, 4.69) is 71.3 Å². The Morgan fingerprint density at radius 3 is 2.79 bits per heavy atom. The molecule has 0 atom stereocenters. The second-order valence-electron chi connectivity index (χ2n) is 7.33. The van der Waals surface area contributed by atoms with E-state index in [-0.39, 0.29) is 5.54 Å². The van der Waals surface area contributed by atoms with Gasteiger partial charge in [0.15, 0.2) is 5.65 Å². The summed E-state index contributed by atoms with van der Waals surface area (Å²) in [5.74, 6) is 0.788. The number of fused-ring (bicyclic) bond motifs is 2. The van der Waals surface area contributed by atoms with Crippen molar-refractivity contribution in [1.82, 2.24) is 19.7 Å². The molecule has 0 aliphatic carbocycles. The van der Waals surface area contributed by atoms with Gasteiger partial charge in [0, 0.05) is 25.0 Å². The van der Waals surface area contributed by atoms with Crippen LogP contribution >= 0.6 is 0 Å². The van der Waals surface area contributed by atoms with E-state index in [9.17, 15) is 0 Å². The fraction of sp³-hybridized carbons (Fsp3) is 0.389. The number of hydrogen-bond donors (Lipinski definition) is 1. The van der Waals surface area contributed by atoms with Crippen LogP contribution in [0.4, 0.5) is 17.2 Å². The molecule has 6 nitrogen and oxygen atoms in total. The summed E-state index contributed by atoms with van der Waals surface area (Å²) in [6.07, 6.45) is 4.54. The van der Waals surface area contributed by atoms with Crippen LogP contribution in [0.25, 0.3) is 11.0 Å². The summed E-state index contributed by atoms with van der Waals surface area (Å²) >= 11 is 0. The zero-order valence-corrected chi connectivity index (χ0v) is 14.5. The molecular weight excluding hydrogens is 300 g/mol. The molecule has 0 spiro atoms. The number of hydrogen-bond acceptors (Lipinski definition) is 5. The molecule has 0 amide bonds. The van der Waals surface area contributed by atoms with Crippen LogP contribution in [0.2, 0.25) is 0 Å². The number of benzene rings is 1. The van der Waals surface area contributed by atoms with Crippen LogP contribution < -0.4 is 10.2 Å². The molecular formula is C18H22N6. The Hall–Kier alpha value is -2.63. The molecule has 1 aromatic carbocycles. The van der Waals surface area contributed by atoms with Crippen LogP contribution in [-0.2, 0) is 12.0 Å². The summed E-state index contributed by atoms with van der Waals surface area (Å²) in [7, 11) is 2.13. The Kier molecular flexibility index (Phi) is 3.23. The number of aromatic nitrogens is 4. The standard InChI is InChI=1S/C18H22N6/c1-18(2,3)24-17-14(10-21-24)16(19-11-20-17)22-13-6-5-12-7-8-23(4)15(12)9-13/h5-6,9-11H,7-8H2,1-4H3,(H,19,20,22). The predicted octanol–water partition coefficient (Wildman–Crippen LogP) is 3.32. The van der Waals surface area contributed by atoms with Crippen LogP contribution in [0.5, 0.6) is 0 Å². The van der Waals surface area contributed by atoms with Gasteiger partial charge in [-0.05, 0) is 44.9 Å². The highest BCUT2D eigenvalue weighted by molar-refractivity contribution is 5.88. The molecule has 0 fully saturated rings. The normalized spacial score (nSPS) is 14.2. The van der Waals surface area contributed by atoms with Gasteiger partial charge in [-0.15, -0.1) is 0 Å². The van der Waals surface area contributed by atoms with E-state index in [0.717, 1.165) is 35.5 Å². The van der Waals surface area contributed by atoms with Crippen molar-refractivity contribution in [3.8, 4) is 0 Å². The van der Waals surface area contributed by atoms with Crippen molar-refractivity contribution in [1.29, 1.82) is 0 Å². The smallest absolute Gasteiger partial charge is 0.163 e. The molecule has 0 saturated carbocycles. The molecule has 24 heavy (non-hydrogen) atoms. The Labute approximate surface area is 141 Å². The van der Waals surface area contributed by atoms with Gasteiger partial charge in [-0.3, -0.25) is 0 Å². The third-order valence-corrected chi connectivity index (χ3v) is 4.48. The first-order valence-corrected chi connectivity index (χ1v) is 8.24. The van der Waals surface area contributed by atoms with Crippen molar-refractivity contribution in [2.24, 2.45) is 0 Å². The predicted molar refractivity (Wildman–Crippen MR) is 97.0 cm³/mol. The summed E-state index contributed by atoms with van der Waals surface area (Å²) in [5.41, 5.74) is 4.44. The van der Waals surface area contributed by atoms with Crippen molar-refractivity contribution >= 4 is 28.2 Å². The lowest BCUT2D eigenvalue weighted by Crippen LogP contribution is -2.23. The summed E-state index contributed by atoms with van der Waals surface area (Å²) in [4.78, 5) is 11.1. The van der Waals surface area contributed by atoms with E-state index in [1.54, 1.807) is 6.33 Å². The lowest BCUT2D eigenvalue weighted by atomic mass is 10.1. The number of nitrogens with one attached hydrogen (secondary N) is 1. The van der Waals surface area contributed by atoms with Crippen molar-refractivity contribution in [2.75, 3.05) is 23.8 Å². The van der Waals surface area contributed by atoms with Gasteiger partial charge in [-0.1, -0.05) is 6.07 Å². The summed E-state index contributed by atoms with van der Waals surface area (Å²) in [6, 6.07) is 6.49. The number of anilines is 3. The molecule has 124 valence electrons. The minimum Gasteiger partial charge on any atom is -0.374 e. The third kappa shape index (κ3) is 2.38. The second kappa shape index (κ2) is 5.19. The van der Waals surface area contributed by atoms with E-state index >= 15 is 0 Å². The maximum absolute atomic E-state index is 4.50. The van der Waals surface area contributed by atoms with Crippen LogP contribution in [0.1, 0.15) is 26.3 Å². The molecule has 1 aliphatic heterocycles. The third-order valence-electron chi connectivity index (χ3n) is 4.48. The lowest BCUT2D eigenvalue weighted by molar-refractivity contribution is 0.366. The molecule has 1 N–H and O–H groups in total. The first-order valence-electron chi connectivity index (χ1n) is 8.24. The summed E-state index contributed by atoms with van der Waals surface area (Å²) < 4.78 is 1.94. The number of rotatable bonds is 2. The van der Waals surface area contributed by atoms with Crippen LogP contribution in [0.15, 0.2) is 30.7 Å². The SMILES string of the molecule is CN1CCc2ccc(Nc3ncnc4c3cnn4C(C)(C)C)cc21. The minimum atomic E-state index is -0.121. The van der Waals surface area contributed by atoms with Crippen LogP contribution in [0.3, 0.4) is 0 Å². The first kappa shape index (κ1) is 14.9. The fourth-order valence-electron chi connectivity index (χ4n) is 3.19. The van der Waals surface area contributed by atoms with Gasteiger partial charge in [0.05, 0.1) is 17.1 Å². The topological polar surface area (TPSA) is 58.9 Å². The molecule has 0 radical (unpaired) electrons. The number of nitrogens with zero attached hydrogens (tertiary/aromatic N) is 5. The van der Waals surface area contributed by atoms with Gasteiger partial charge in [-0.2, -0.15) is 5.10 Å². The Bertz CT molecular complexity index is 906. The van der Waals surface area contributed by atoms with Crippen LogP contribution in [-0.4, -0.2) is 33.3 Å². The van der Waals surface area contributed by atoms with Gasteiger partial charge in [0.2, 0.25) is 0 Å². The Balaban J connectivity index is 1.73. The average Bonchev–Trinajstić information content (AvgIpc) is 3.12. The van der Waals surface area contributed by atoms with Crippen molar-refractivity contribution in [3.63, 3.8) is 0 Å². The zero-order chi connectivity index (χ0) is 16.9. The first-order chi connectivity index (χ1) is 11.4. The maximum Gasteiger partial charge on any atom is 0.163 e. The highest BCUT2D eigenvalue weighted by Crippen LogP contribution is 2.32. The quantitative estimate of drug-likeness (QED) is 0.784. The Morgan fingerprint density at radius 1 is 1.17 bits per heavy atom. The number of likely N-dealkylation sites (N-methyl/N-ethyl adjacent to an activating group) is 1. The molecule has 4 rings (SSSR count). The monoisotopic (exact) mass is 322 g/mol. The summed E-state index contributed by atoms with van der Waals surface area (Å²) in [6.45, 7) is 7.43. The Morgan fingerprint density at radius 2 is 2.00 bits per heavy atom. The minimum absolute atomic E-state index is 0.121.